The highest BCUT2D eigenvalue weighted by Gasteiger charge is 2.40. The van der Waals surface area contributed by atoms with E-state index < -0.39 is 0 Å². The summed E-state index contributed by atoms with van der Waals surface area (Å²) in [6, 6.07) is 13.9. The number of aryl methyl sites for hydroxylation is 1. The summed E-state index contributed by atoms with van der Waals surface area (Å²) in [5.74, 6) is 5.75. The maximum absolute atomic E-state index is 5.78. The van der Waals surface area contributed by atoms with Crippen LogP contribution in [-0.4, -0.2) is 66.2 Å². The van der Waals surface area contributed by atoms with E-state index in [1.54, 1.807) is 6.21 Å². The number of rotatable bonds is 7. The molecule has 180 valence electrons. The number of hydrogen-bond donors (Lipinski definition) is 1. The van der Waals surface area contributed by atoms with E-state index in [9.17, 15) is 0 Å². The molecule has 0 aliphatic carbocycles. The van der Waals surface area contributed by atoms with Gasteiger partial charge in [-0.15, -0.1) is 0 Å². The summed E-state index contributed by atoms with van der Waals surface area (Å²) in [7, 11) is 0. The van der Waals surface area contributed by atoms with E-state index in [1.807, 2.05) is 12.3 Å². The van der Waals surface area contributed by atoms with Crippen LogP contribution in [-0.2, 0) is 11.3 Å². The second-order valence-corrected chi connectivity index (χ2v) is 9.80. The second-order valence-electron chi connectivity index (χ2n) is 9.80. The predicted octanol–water partition coefficient (Wildman–Crippen LogP) is 3.55. The second kappa shape index (κ2) is 10.7. The number of ether oxygens (including phenoxy) is 1. The summed E-state index contributed by atoms with van der Waals surface area (Å²) >= 11 is 0. The lowest BCUT2D eigenvalue weighted by atomic mass is 10.0. The number of pyridine rings is 1. The van der Waals surface area contributed by atoms with E-state index in [0.29, 0.717) is 18.6 Å². The molecule has 0 radical (unpaired) electrons. The number of nitrogens with zero attached hydrogens (tertiary/aromatic N) is 5. The molecule has 2 aromatic rings. The van der Waals surface area contributed by atoms with Gasteiger partial charge in [-0.1, -0.05) is 12.1 Å². The first-order valence-corrected chi connectivity index (χ1v) is 12.6. The molecule has 2 bridgehead atoms. The molecule has 1 aromatic carbocycles. The van der Waals surface area contributed by atoms with Crippen molar-refractivity contribution < 1.29 is 4.74 Å². The van der Waals surface area contributed by atoms with Gasteiger partial charge in [-0.3, -0.25) is 14.9 Å². The zero-order valence-electron chi connectivity index (χ0n) is 20.1. The highest BCUT2D eigenvalue weighted by atomic mass is 16.5. The van der Waals surface area contributed by atoms with Gasteiger partial charge >= 0.3 is 0 Å². The molecule has 0 amide bonds. The Balaban J connectivity index is 1.24. The molecule has 3 atom stereocenters. The zero-order valence-corrected chi connectivity index (χ0v) is 20.1. The van der Waals surface area contributed by atoms with Crippen molar-refractivity contribution in [3.63, 3.8) is 0 Å². The summed E-state index contributed by atoms with van der Waals surface area (Å²) in [6.07, 6.45) is 9.86. The topological polar surface area (TPSA) is 79.3 Å². The molecule has 7 heteroatoms. The Morgan fingerprint density at radius 3 is 2.68 bits per heavy atom. The van der Waals surface area contributed by atoms with Gasteiger partial charge in [0, 0.05) is 62.0 Å². The molecule has 7 nitrogen and oxygen atoms in total. The smallest absolute Gasteiger partial charge is 0.108 e. The van der Waals surface area contributed by atoms with Crippen molar-refractivity contribution in [1.29, 1.82) is 0 Å². The molecule has 5 rings (SSSR count). The molecular formula is C27H36N6O. The van der Waals surface area contributed by atoms with E-state index in [0.717, 1.165) is 56.1 Å². The number of fused-ring (bicyclic) bond motifs is 2. The number of benzene rings is 1. The Hall–Kier alpha value is -2.77. The average molecular weight is 461 g/mol. The maximum atomic E-state index is 5.78. The van der Waals surface area contributed by atoms with E-state index >= 15 is 0 Å². The fraction of sp³-hybridized carbons (Fsp3) is 0.519. The van der Waals surface area contributed by atoms with Crippen LogP contribution in [0.5, 0.6) is 0 Å². The van der Waals surface area contributed by atoms with E-state index in [1.165, 1.54) is 30.5 Å². The molecule has 1 aromatic heterocycles. The van der Waals surface area contributed by atoms with Crippen molar-refractivity contribution in [3.8, 4) is 0 Å². The monoisotopic (exact) mass is 460 g/mol. The van der Waals surface area contributed by atoms with Gasteiger partial charge in [-0.2, -0.15) is 5.10 Å². The first kappa shape index (κ1) is 23.0. The lowest BCUT2D eigenvalue weighted by Crippen LogP contribution is -2.53. The van der Waals surface area contributed by atoms with Crippen molar-refractivity contribution in [2.75, 3.05) is 31.1 Å². The Kier molecular flexibility index (Phi) is 7.21. The molecule has 2 N–H and O–H groups in total. The summed E-state index contributed by atoms with van der Waals surface area (Å²) in [5, 5.41) is 4.04. The minimum absolute atomic E-state index is 0.222. The van der Waals surface area contributed by atoms with Crippen LogP contribution in [0, 0.1) is 6.92 Å². The SMILES string of the molecule is Cc1cc(N2C3CCC2CN(Cc2ccccn2)C3)ccc1/C(C=NCC1CCCCO1)=N/N. The van der Waals surface area contributed by atoms with Gasteiger partial charge in [0.2, 0.25) is 0 Å². The first-order chi connectivity index (χ1) is 16.7. The maximum Gasteiger partial charge on any atom is 0.108 e. The Bertz CT molecular complexity index is 1000. The minimum atomic E-state index is 0.222. The molecule has 4 heterocycles. The van der Waals surface area contributed by atoms with Gasteiger partial charge in [0.25, 0.3) is 0 Å². The molecule has 3 aliphatic heterocycles. The molecular weight excluding hydrogens is 424 g/mol. The van der Waals surface area contributed by atoms with E-state index in [4.69, 9.17) is 10.6 Å². The van der Waals surface area contributed by atoms with Crippen LogP contribution in [0.15, 0.2) is 52.7 Å². The highest BCUT2D eigenvalue weighted by molar-refractivity contribution is 6.38. The van der Waals surface area contributed by atoms with Crippen LogP contribution in [0.25, 0.3) is 0 Å². The minimum Gasteiger partial charge on any atom is -0.376 e. The molecule has 3 aliphatic rings. The number of likely N-dealkylation sites (tertiary alicyclic amines) is 1. The normalized spacial score (nSPS) is 25.9. The number of nitrogens with two attached hydrogens (primary N) is 1. The first-order valence-electron chi connectivity index (χ1n) is 12.6. The lowest BCUT2D eigenvalue weighted by Gasteiger charge is -2.42. The largest absolute Gasteiger partial charge is 0.376 e. The summed E-state index contributed by atoms with van der Waals surface area (Å²) in [5.41, 5.74) is 5.40. The summed E-state index contributed by atoms with van der Waals surface area (Å²) in [6.45, 7) is 6.75. The zero-order chi connectivity index (χ0) is 23.3. The van der Waals surface area contributed by atoms with E-state index in [2.05, 4.69) is 62.1 Å². The van der Waals surface area contributed by atoms with Gasteiger partial charge in [-0.25, -0.2) is 0 Å². The lowest BCUT2D eigenvalue weighted by molar-refractivity contribution is 0.0226. The summed E-state index contributed by atoms with van der Waals surface area (Å²) < 4.78 is 5.78. The number of hydrazone groups is 1. The Labute approximate surface area is 202 Å². The number of aromatic nitrogens is 1. The number of aliphatic imine (C=N–C) groups is 1. The standard InChI is InChI=1S/C27H36N6O/c1-20-14-22(10-11-26(20)27(31-28)16-29-15-25-7-3-5-13-34-25)33-23-8-9-24(33)19-32(18-23)17-21-6-2-4-12-30-21/h2,4,6,10-12,14,16,23-25H,3,5,7-9,13,15,17-19,28H2,1H3/b29-16?,31-27+. The third kappa shape index (κ3) is 5.15. The van der Waals surface area contributed by atoms with Crippen molar-refractivity contribution >= 4 is 17.6 Å². The molecule has 0 spiro atoms. The van der Waals surface area contributed by atoms with Crippen LogP contribution in [0.1, 0.15) is 48.9 Å². The average Bonchev–Trinajstić information content (AvgIpc) is 3.13. The molecule has 3 fully saturated rings. The van der Waals surface area contributed by atoms with Crippen molar-refractivity contribution in [1.82, 2.24) is 9.88 Å². The van der Waals surface area contributed by atoms with E-state index in [-0.39, 0.29) is 6.10 Å². The van der Waals surface area contributed by atoms with Gasteiger partial charge in [0.15, 0.2) is 0 Å². The Morgan fingerprint density at radius 1 is 1.15 bits per heavy atom. The molecule has 34 heavy (non-hydrogen) atoms. The van der Waals surface area contributed by atoms with Gasteiger partial charge in [0.1, 0.15) is 5.71 Å². The molecule has 3 saturated heterocycles. The highest BCUT2D eigenvalue weighted by Crippen LogP contribution is 2.36. The quantitative estimate of drug-likeness (QED) is 0.388. The van der Waals surface area contributed by atoms with Crippen molar-refractivity contribution in [2.45, 2.75) is 63.8 Å². The van der Waals surface area contributed by atoms with Gasteiger partial charge in [-0.05, 0) is 68.9 Å². The number of piperazine rings is 1. The van der Waals surface area contributed by atoms with Gasteiger partial charge in [0.05, 0.1) is 18.3 Å². The van der Waals surface area contributed by atoms with Crippen LogP contribution in [0.4, 0.5) is 5.69 Å². The fourth-order valence-electron chi connectivity index (χ4n) is 5.74. The van der Waals surface area contributed by atoms with Crippen LogP contribution < -0.4 is 10.7 Å². The number of hydrogen-bond acceptors (Lipinski definition) is 7. The third-order valence-corrected chi connectivity index (χ3v) is 7.39. The van der Waals surface area contributed by atoms with Crippen LogP contribution in [0.2, 0.25) is 0 Å². The predicted molar refractivity (Wildman–Crippen MR) is 138 cm³/mol. The van der Waals surface area contributed by atoms with Crippen molar-refractivity contribution in [2.24, 2.45) is 15.9 Å². The van der Waals surface area contributed by atoms with Gasteiger partial charge < -0.3 is 15.5 Å². The number of anilines is 1. The fourth-order valence-corrected chi connectivity index (χ4v) is 5.74. The molecule has 0 saturated carbocycles. The third-order valence-electron chi connectivity index (χ3n) is 7.39. The van der Waals surface area contributed by atoms with Crippen LogP contribution in [0.3, 0.4) is 0 Å². The Morgan fingerprint density at radius 2 is 2.00 bits per heavy atom. The molecule has 3 unspecified atom stereocenters. The summed E-state index contributed by atoms with van der Waals surface area (Å²) in [4.78, 5) is 14.3. The van der Waals surface area contributed by atoms with Crippen LogP contribution >= 0.6 is 0 Å². The van der Waals surface area contributed by atoms with Crippen molar-refractivity contribution in [3.05, 3.63) is 59.4 Å².